The Bertz CT molecular complexity index is 1100. The second-order valence-corrected chi connectivity index (χ2v) is 11.9. The van der Waals surface area contributed by atoms with E-state index in [0.29, 0.717) is 30.1 Å². The number of nitrogens with one attached hydrogen (secondary N) is 2. The number of ether oxygens (including phenoxy) is 1. The quantitative estimate of drug-likeness (QED) is 0.447. The Morgan fingerprint density at radius 3 is 2.63 bits per heavy atom. The van der Waals surface area contributed by atoms with Gasteiger partial charge in [-0.05, 0) is 37.0 Å². The molecule has 2 aromatic rings. The number of morpholine rings is 1. The number of hydrogen-bond donors (Lipinski definition) is 3. The topological polar surface area (TPSA) is 147 Å². The molecule has 2 saturated heterocycles. The third-order valence-corrected chi connectivity index (χ3v) is 7.69. The molecule has 1 aromatic heterocycles. The van der Waals surface area contributed by atoms with Gasteiger partial charge >= 0.3 is 0 Å². The number of hydrogen-bond acceptors (Lipinski definition) is 9. The molecule has 1 amide bonds. The van der Waals surface area contributed by atoms with Crippen molar-refractivity contribution in [2.24, 2.45) is 0 Å². The summed E-state index contributed by atoms with van der Waals surface area (Å²) < 4.78 is 28.8. The number of nitrogen functional groups attached to an aromatic ring is 1. The van der Waals surface area contributed by atoms with E-state index in [1.54, 1.807) is 0 Å². The minimum atomic E-state index is -3.15. The number of rotatable bonds is 8. The highest BCUT2D eigenvalue weighted by atomic mass is 35.5. The van der Waals surface area contributed by atoms with Gasteiger partial charge in [-0.3, -0.25) is 9.69 Å². The summed E-state index contributed by atoms with van der Waals surface area (Å²) in [4.78, 5) is 21.5. The lowest BCUT2D eigenvalue weighted by atomic mass is 9.96. The average molecular weight is 526 g/mol. The van der Waals surface area contributed by atoms with Crippen LogP contribution in [0.3, 0.4) is 0 Å². The van der Waals surface area contributed by atoms with E-state index in [-0.39, 0.29) is 30.3 Å². The maximum Gasteiger partial charge on any atom is 0.250 e. The Morgan fingerprint density at radius 2 is 2.00 bits per heavy atom. The number of carbonyl (C=O) groups is 1. The van der Waals surface area contributed by atoms with Gasteiger partial charge in [0.1, 0.15) is 15.9 Å². The van der Waals surface area contributed by atoms with E-state index in [0.717, 1.165) is 44.2 Å². The Hall–Kier alpha value is -2.41. The number of aromatic nitrogens is 3. The maximum atomic E-state index is 12.7. The second kappa shape index (κ2) is 11.1. The van der Waals surface area contributed by atoms with Gasteiger partial charge in [-0.25, -0.2) is 13.5 Å². The Kier molecular flexibility index (Phi) is 8.15. The molecule has 3 heterocycles. The number of carbonyl (C=O) groups excluding carboxylic acids is 1. The van der Waals surface area contributed by atoms with E-state index in [2.05, 4.69) is 30.3 Å². The molecule has 0 aliphatic carbocycles. The summed E-state index contributed by atoms with van der Waals surface area (Å²) in [5, 5.41) is 10.2. The van der Waals surface area contributed by atoms with Crippen LogP contribution in [0.25, 0.3) is 0 Å². The number of amides is 1. The van der Waals surface area contributed by atoms with Crippen molar-refractivity contribution in [3.05, 3.63) is 34.9 Å². The predicted molar refractivity (Wildman–Crippen MR) is 134 cm³/mol. The number of benzene rings is 1. The molecule has 2 aliphatic rings. The van der Waals surface area contributed by atoms with E-state index in [4.69, 9.17) is 22.1 Å². The zero-order valence-corrected chi connectivity index (χ0v) is 21.3. The predicted octanol–water partition coefficient (Wildman–Crippen LogP) is 0.482. The molecule has 2 atom stereocenters. The van der Waals surface area contributed by atoms with Crippen LogP contribution in [0.4, 0.5) is 11.9 Å². The van der Waals surface area contributed by atoms with Crippen LogP contribution in [-0.4, -0.2) is 97.4 Å². The van der Waals surface area contributed by atoms with Crippen molar-refractivity contribution in [3.8, 4) is 0 Å². The first-order valence-electron chi connectivity index (χ1n) is 11.7. The number of sulfone groups is 1. The fraction of sp³-hybridized carbons (Fsp3) is 0.591. The number of aromatic amines is 1. The summed E-state index contributed by atoms with van der Waals surface area (Å²) in [5.41, 5.74) is 6.83. The van der Waals surface area contributed by atoms with Crippen LogP contribution >= 0.6 is 11.6 Å². The van der Waals surface area contributed by atoms with E-state index >= 15 is 0 Å². The van der Waals surface area contributed by atoms with Gasteiger partial charge in [-0.2, -0.15) is 4.98 Å². The molecular formula is C22H32ClN7O4S. The van der Waals surface area contributed by atoms with Crippen molar-refractivity contribution < 1.29 is 17.9 Å². The van der Waals surface area contributed by atoms with Crippen LogP contribution in [0, 0.1) is 0 Å². The smallest absolute Gasteiger partial charge is 0.250 e. The summed E-state index contributed by atoms with van der Waals surface area (Å²) in [6.45, 7) is 2.48. The van der Waals surface area contributed by atoms with Gasteiger partial charge in [0.25, 0.3) is 5.91 Å². The zero-order chi connectivity index (χ0) is 25.0. The van der Waals surface area contributed by atoms with Crippen LogP contribution in [0.1, 0.15) is 18.4 Å². The van der Waals surface area contributed by atoms with Crippen molar-refractivity contribution in [1.82, 2.24) is 25.4 Å². The zero-order valence-electron chi connectivity index (χ0n) is 19.7. The molecule has 2 fully saturated rings. The maximum absolute atomic E-state index is 12.7. The lowest BCUT2D eigenvalue weighted by molar-refractivity contribution is -0.144. The van der Waals surface area contributed by atoms with Gasteiger partial charge in [0, 0.05) is 49.5 Å². The molecule has 0 spiro atoms. The molecule has 1 aromatic carbocycles. The molecule has 4 rings (SSSR count). The summed E-state index contributed by atoms with van der Waals surface area (Å²) in [6.07, 6.45) is 3.04. The van der Waals surface area contributed by atoms with Crippen LogP contribution in [0.5, 0.6) is 0 Å². The third-order valence-electron chi connectivity index (χ3n) is 6.49. The van der Waals surface area contributed by atoms with Gasteiger partial charge in [0.05, 0.1) is 12.4 Å². The molecule has 192 valence electrons. The molecule has 4 N–H and O–H groups in total. The Morgan fingerprint density at radius 1 is 1.29 bits per heavy atom. The van der Waals surface area contributed by atoms with Crippen LogP contribution in [-0.2, 0) is 25.8 Å². The number of anilines is 2. The van der Waals surface area contributed by atoms with E-state index in [1.807, 2.05) is 24.3 Å². The Balaban J connectivity index is 1.42. The highest BCUT2D eigenvalue weighted by Gasteiger charge is 2.38. The van der Waals surface area contributed by atoms with Crippen molar-refractivity contribution in [3.63, 3.8) is 0 Å². The summed E-state index contributed by atoms with van der Waals surface area (Å²) in [5.74, 6) is 0.516. The summed E-state index contributed by atoms with van der Waals surface area (Å²) in [7, 11) is -3.15. The number of piperidine rings is 1. The van der Waals surface area contributed by atoms with Crippen molar-refractivity contribution >= 4 is 39.2 Å². The minimum Gasteiger partial charge on any atom is -0.368 e. The Labute approximate surface area is 210 Å². The summed E-state index contributed by atoms with van der Waals surface area (Å²) in [6, 6.07) is 8.15. The average Bonchev–Trinajstić information content (AvgIpc) is 3.26. The van der Waals surface area contributed by atoms with Gasteiger partial charge < -0.3 is 20.7 Å². The van der Waals surface area contributed by atoms with Crippen LogP contribution in [0.15, 0.2) is 24.3 Å². The van der Waals surface area contributed by atoms with Crippen molar-refractivity contribution in [2.75, 3.05) is 55.4 Å². The second-order valence-electron chi connectivity index (χ2n) is 9.16. The normalized spacial score (nSPS) is 22.3. The minimum absolute atomic E-state index is 0.0733. The first kappa shape index (κ1) is 25.7. The fourth-order valence-corrected chi connectivity index (χ4v) is 5.27. The highest BCUT2D eigenvalue weighted by Crippen LogP contribution is 2.27. The lowest BCUT2D eigenvalue weighted by Crippen LogP contribution is -2.60. The molecule has 13 heteroatoms. The van der Waals surface area contributed by atoms with Crippen LogP contribution in [0.2, 0.25) is 5.02 Å². The van der Waals surface area contributed by atoms with E-state index in [1.165, 1.54) is 0 Å². The van der Waals surface area contributed by atoms with Gasteiger partial charge in [-0.15, -0.1) is 5.10 Å². The summed E-state index contributed by atoms with van der Waals surface area (Å²) >= 11 is 6.05. The van der Waals surface area contributed by atoms with E-state index in [9.17, 15) is 13.2 Å². The van der Waals surface area contributed by atoms with E-state index < -0.39 is 15.9 Å². The molecule has 2 unspecified atom stereocenters. The molecule has 11 nitrogen and oxygen atoms in total. The number of H-pyrrole nitrogens is 1. The fourth-order valence-electron chi connectivity index (χ4n) is 4.67. The largest absolute Gasteiger partial charge is 0.368 e. The SMILES string of the molecule is CS(=O)(=O)CCNC(=O)C1CN(C2CCN(c3n[nH]c(N)n3)CC2)C(Cc2ccc(Cl)cc2)CO1. The monoisotopic (exact) mass is 525 g/mol. The molecule has 2 aliphatic heterocycles. The van der Waals surface area contributed by atoms with Gasteiger partial charge in [0.15, 0.2) is 0 Å². The van der Waals surface area contributed by atoms with Crippen molar-refractivity contribution in [2.45, 2.75) is 37.5 Å². The van der Waals surface area contributed by atoms with Crippen LogP contribution < -0.4 is 16.0 Å². The number of nitrogens with two attached hydrogens (primary N) is 1. The molecule has 35 heavy (non-hydrogen) atoms. The first-order valence-corrected chi connectivity index (χ1v) is 14.1. The van der Waals surface area contributed by atoms with Gasteiger partial charge in [-0.1, -0.05) is 23.7 Å². The lowest BCUT2D eigenvalue weighted by Gasteiger charge is -2.46. The third kappa shape index (κ3) is 7.06. The molecule has 0 bridgehead atoms. The standard InChI is InChI=1S/C22H32ClN7O4S/c1-35(32,33)11-8-25-20(31)19-13-30(18(14-34-19)12-15-2-4-16(23)5-3-15)17-6-9-29(10-7-17)22-26-21(24)27-28-22/h2-5,17-19H,6-14H2,1H3,(H,25,31)(H3,24,26,27,28). The number of nitrogens with zero attached hydrogens (tertiary/aromatic N) is 4. The molecule has 0 saturated carbocycles. The highest BCUT2D eigenvalue weighted by molar-refractivity contribution is 7.90. The first-order chi connectivity index (χ1) is 16.7. The van der Waals surface area contributed by atoms with Crippen molar-refractivity contribution in [1.29, 1.82) is 0 Å². The number of halogens is 1. The molecule has 0 radical (unpaired) electrons. The van der Waals surface area contributed by atoms with Gasteiger partial charge in [0.2, 0.25) is 11.9 Å². The molecular weight excluding hydrogens is 494 g/mol.